The highest BCUT2D eigenvalue weighted by Crippen LogP contribution is 2.45. The van der Waals surface area contributed by atoms with Crippen molar-refractivity contribution in [3.8, 4) is 0 Å². The first-order valence-corrected chi connectivity index (χ1v) is 6.96. The predicted molar refractivity (Wildman–Crippen MR) is 76.0 cm³/mol. The molecule has 0 heterocycles. The number of aliphatic hydroxyl groups excluding tert-OH is 1. The van der Waals surface area contributed by atoms with E-state index in [-0.39, 0.29) is 11.3 Å². The first-order valence-electron chi connectivity index (χ1n) is 6.96. The molecular weight excluding hydrogens is 238 g/mol. The molecule has 1 aliphatic rings. The Balaban J connectivity index is 2.25. The molecule has 1 fully saturated rings. The number of hydrogen-bond acceptors (Lipinski definition) is 2. The Labute approximate surface area is 115 Å². The molecule has 3 heteroatoms. The topological polar surface area (TPSA) is 40.5 Å². The van der Waals surface area contributed by atoms with Crippen LogP contribution >= 0.6 is 0 Å². The predicted octanol–water partition coefficient (Wildman–Crippen LogP) is 2.26. The Kier molecular flexibility index (Phi) is 3.95. The monoisotopic (exact) mass is 261 g/mol. The van der Waals surface area contributed by atoms with Gasteiger partial charge in [0, 0.05) is 13.6 Å². The first kappa shape index (κ1) is 14.1. The largest absolute Gasteiger partial charge is 0.392 e. The van der Waals surface area contributed by atoms with Gasteiger partial charge in [-0.25, -0.2) is 0 Å². The highest BCUT2D eigenvalue weighted by atomic mass is 16.3. The molecule has 3 nitrogen and oxygen atoms in total. The smallest absolute Gasteiger partial charge is 0.233 e. The first-order chi connectivity index (χ1) is 8.95. The molecule has 2 rings (SSSR count). The van der Waals surface area contributed by atoms with E-state index < -0.39 is 6.10 Å². The number of rotatable bonds is 4. The number of amides is 1. The summed E-state index contributed by atoms with van der Waals surface area (Å²) >= 11 is 0. The molecule has 19 heavy (non-hydrogen) atoms. The number of benzene rings is 1. The van der Waals surface area contributed by atoms with E-state index in [0.29, 0.717) is 6.54 Å². The van der Waals surface area contributed by atoms with Crippen LogP contribution in [0.25, 0.3) is 0 Å². The second-order valence-electron chi connectivity index (χ2n) is 5.84. The lowest BCUT2D eigenvalue weighted by molar-refractivity contribution is -0.140. The van der Waals surface area contributed by atoms with E-state index >= 15 is 0 Å². The summed E-state index contributed by atoms with van der Waals surface area (Å²) < 4.78 is 0. The van der Waals surface area contributed by atoms with Crippen molar-refractivity contribution in [2.24, 2.45) is 0 Å². The standard InChI is InChI=1S/C16H23NO2/c1-12-6-4-7-14(10-12)16(8-5-9-16)15(19)17(3)11-13(2)18/h4,6-7,10,13,18H,5,8-9,11H2,1-3H3. The van der Waals surface area contributed by atoms with Crippen molar-refractivity contribution in [3.63, 3.8) is 0 Å². The Morgan fingerprint density at radius 3 is 2.63 bits per heavy atom. The van der Waals surface area contributed by atoms with Crippen molar-refractivity contribution < 1.29 is 9.90 Å². The third-order valence-corrected chi connectivity index (χ3v) is 4.07. The molecule has 1 aromatic carbocycles. The lowest BCUT2D eigenvalue weighted by Crippen LogP contribution is -2.51. The number of aliphatic hydroxyl groups is 1. The van der Waals surface area contributed by atoms with Crippen LogP contribution < -0.4 is 0 Å². The molecule has 0 saturated heterocycles. The van der Waals surface area contributed by atoms with Gasteiger partial charge in [-0.1, -0.05) is 36.2 Å². The lowest BCUT2D eigenvalue weighted by Gasteiger charge is -2.43. The Morgan fingerprint density at radius 1 is 1.47 bits per heavy atom. The summed E-state index contributed by atoms with van der Waals surface area (Å²) in [6, 6.07) is 8.25. The zero-order valence-electron chi connectivity index (χ0n) is 12.0. The van der Waals surface area contributed by atoms with Crippen LogP contribution in [0.1, 0.15) is 37.3 Å². The molecule has 0 radical (unpaired) electrons. The van der Waals surface area contributed by atoms with Crippen molar-refractivity contribution in [3.05, 3.63) is 35.4 Å². The van der Waals surface area contributed by atoms with E-state index in [4.69, 9.17) is 0 Å². The zero-order valence-corrected chi connectivity index (χ0v) is 12.0. The van der Waals surface area contributed by atoms with Crippen molar-refractivity contribution in [2.75, 3.05) is 13.6 Å². The summed E-state index contributed by atoms with van der Waals surface area (Å²) in [5, 5.41) is 9.45. The highest BCUT2D eigenvalue weighted by molar-refractivity contribution is 5.89. The molecule has 1 aliphatic carbocycles. The van der Waals surface area contributed by atoms with Gasteiger partial charge in [0.05, 0.1) is 11.5 Å². The average molecular weight is 261 g/mol. The van der Waals surface area contributed by atoms with Crippen LogP contribution in [0.2, 0.25) is 0 Å². The van der Waals surface area contributed by atoms with Crippen LogP contribution in [-0.2, 0) is 10.2 Å². The number of nitrogens with zero attached hydrogens (tertiary/aromatic N) is 1. The second-order valence-corrected chi connectivity index (χ2v) is 5.84. The quantitative estimate of drug-likeness (QED) is 0.903. The van der Waals surface area contributed by atoms with E-state index in [1.807, 2.05) is 6.07 Å². The number of carbonyl (C=O) groups is 1. The van der Waals surface area contributed by atoms with Gasteiger partial charge in [-0.2, -0.15) is 0 Å². The Bertz CT molecular complexity index is 464. The van der Waals surface area contributed by atoms with Gasteiger partial charge in [-0.05, 0) is 32.3 Å². The maximum Gasteiger partial charge on any atom is 0.233 e. The van der Waals surface area contributed by atoms with Gasteiger partial charge in [0.2, 0.25) is 5.91 Å². The number of hydrogen-bond donors (Lipinski definition) is 1. The molecule has 0 bridgehead atoms. The van der Waals surface area contributed by atoms with Gasteiger partial charge in [0.25, 0.3) is 0 Å². The third kappa shape index (κ3) is 2.66. The molecular formula is C16H23NO2. The van der Waals surface area contributed by atoms with Gasteiger partial charge in [-0.3, -0.25) is 4.79 Å². The summed E-state index contributed by atoms with van der Waals surface area (Å²) in [4.78, 5) is 14.4. The minimum Gasteiger partial charge on any atom is -0.392 e. The van der Waals surface area contributed by atoms with E-state index in [1.165, 1.54) is 5.56 Å². The van der Waals surface area contributed by atoms with Crippen molar-refractivity contribution in [2.45, 2.75) is 44.6 Å². The minimum atomic E-state index is -0.483. The zero-order chi connectivity index (χ0) is 14.0. The average Bonchev–Trinajstić information content (AvgIpc) is 2.26. The van der Waals surface area contributed by atoms with E-state index in [0.717, 1.165) is 24.8 Å². The molecule has 104 valence electrons. The van der Waals surface area contributed by atoms with Crippen LogP contribution in [0.3, 0.4) is 0 Å². The summed E-state index contributed by atoms with van der Waals surface area (Å²) in [5.41, 5.74) is 1.96. The number of aryl methyl sites for hydroxylation is 1. The maximum atomic E-state index is 12.7. The molecule has 1 amide bonds. The lowest BCUT2D eigenvalue weighted by atomic mass is 9.63. The van der Waals surface area contributed by atoms with Gasteiger partial charge >= 0.3 is 0 Å². The Morgan fingerprint density at radius 2 is 2.16 bits per heavy atom. The Hall–Kier alpha value is -1.35. The van der Waals surface area contributed by atoms with Crippen molar-refractivity contribution in [1.82, 2.24) is 4.90 Å². The number of carbonyl (C=O) groups excluding carboxylic acids is 1. The van der Waals surface area contributed by atoms with E-state index in [9.17, 15) is 9.90 Å². The minimum absolute atomic E-state index is 0.144. The highest BCUT2D eigenvalue weighted by Gasteiger charge is 2.47. The molecule has 1 aromatic rings. The van der Waals surface area contributed by atoms with Gasteiger partial charge in [0.1, 0.15) is 0 Å². The summed E-state index contributed by atoms with van der Waals surface area (Å²) in [5.74, 6) is 0.144. The molecule has 1 saturated carbocycles. The van der Waals surface area contributed by atoms with E-state index in [2.05, 4.69) is 25.1 Å². The molecule has 1 atom stereocenters. The van der Waals surface area contributed by atoms with Gasteiger partial charge in [0.15, 0.2) is 0 Å². The van der Waals surface area contributed by atoms with Crippen LogP contribution in [0.15, 0.2) is 24.3 Å². The van der Waals surface area contributed by atoms with Crippen molar-refractivity contribution in [1.29, 1.82) is 0 Å². The maximum absolute atomic E-state index is 12.7. The molecule has 0 aromatic heterocycles. The van der Waals surface area contributed by atoms with Crippen LogP contribution in [0.4, 0.5) is 0 Å². The summed E-state index contributed by atoms with van der Waals surface area (Å²) in [6.07, 6.45) is 2.45. The fraction of sp³-hybridized carbons (Fsp3) is 0.562. The van der Waals surface area contributed by atoms with Crippen molar-refractivity contribution >= 4 is 5.91 Å². The van der Waals surface area contributed by atoms with E-state index in [1.54, 1.807) is 18.9 Å². The summed E-state index contributed by atoms with van der Waals surface area (Å²) in [6.45, 7) is 4.16. The molecule has 0 aliphatic heterocycles. The van der Waals surface area contributed by atoms with Gasteiger partial charge in [-0.15, -0.1) is 0 Å². The van der Waals surface area contributed by atoms with Crippen LogP contribution in [0.5, 0.6) is 0 Å². The number of likely N-dealkylation sites (N-methyl/N-ethyl adjacent to an activating group) is 1. The fourth-order valence-corrected chi connectivity index (χ4v) is 2.94. The second kappa shape index (κ2) is 5.33. The molecule has 1 unspecified atom stereocenters. The molecule has 0 spiro atoms. The van der Waals surface area contributed by atoms with Gasteiger partial charge < -0.3 is 10.0 Å². The molecule has 1 N–H and O–H groups in total. The third-order valence-electron chi connectivity index (χ3n) is 4.07. The normalized spacial score (nSPS) is 18.5. The van der Waals surface area contributed by atoms with Crippen LogP contribution in [0, 0.1) is 6.92 Å². The fourth-order valence-electron chi connectivity index (χ4n) is 2.94. The SMILES string of the molecule is Cc1cccc(C2(C(=O)N(C)CC(C)O)CCC2)c1. The summed E-state index contributed by atoms with van der Waals surface area (Å²) in [7, 11) is 1.78. The van der Waals surface area contributed by atoms with Crippen LogP contribution in [-0.4, -0.2) is 35.6 Å².